The fourth-order valence-corrected chi connectivity index (χ4v) is 4.67. The largest absolute Gasteiger partial charge is 0.323 e. The van der Waals surface area contributed by atoms with Crippen molar-refractivity contribution < 1.29 is 9.59 Å². The molecule has 10 heteroatoms. The van der Waals surface area contributed by atoms with Gasteiger partial charge in [0.2, 0.25) is 5.91 Å². The summed E-state index contributed by atoms with van der Waals surface area (Å²) in [7, 11) is 0. The summed E-state index contributed by atoms with van der Waals surface area (Å²) in [6.45, 7) is 3.27. The molecule has 0 aliphatic heterocycles. The first-order chi connectivity index (χ1) is 15.8. The van der Waals surface area contributed by atoms with Crippen LogP contribution >= 0.6 is 34.5 Å². The summed E-state index contributed by atoms with van der Waals surface area (Å²) in [5.74, 6) is -0.786. The summed E-state index contributed by atoms with van der Waals surface area (Å²) in [5, 5.41) is 6.55. The topological polar surface area (TPSA) is 93.1 Å². The molecule has 4 rings (SSSR count). The van der Waals surface area contributed by atoms with Crippen LogP contribution in [0.25, 0.3) is 10.2 Å². The second-order valence-corrected chi connectivity index (χ2v) is 9.15. The van der Waals surface area contributed by atoms with Crippen molar-refractivity contribution in [2.45, 2.75) is 19.9 Å². The summed E-state index contributed by atoms with van der Waals surface area (Å²) < 4.78 is 1.23. The van der Waals surface area contributed by atoms with Gasteiger partial charge in [-0.15, -0.1) is 11.3 Å². The van der Waals surface area contributed by atoms with Crippen molar-refractivity contribution >= 4 is 67.9 Å². The molecule has 7 nitrogen and oxygen atoms in total. The molecule has 0 saturated carbocycles. The van der Waals surface area contributed by atoms with Crippen molar-refractivity contribution in [3.63, 3.8) is 0 Å². The molecular weight excluding hydrogens is 483 g/mol. The third kappa shape index (κ3) is 4.64. The highest BCUT2D eigenvalue weighted by Gasteiger charge is 2.23. The van der Waals surface area contributed by atoms with Gasteiger partial charge >= 0.3 is 0 Å². The van der Waals surface area contributed by atoms with Crippen LogP contribution < -0.4 is 16.2 Å². The van der Waals surface area contributed by atoms with Gasteiger partial charge in [-0.05, 0) is 49.7 Å². The van der Waals surface area contributed by atoms with E-state index in [0.717, 1.165) is 11.3 Å². The Morgan fingerprint density at radius 1 is 1.09 bits per heavy atom. The second kappa shape index (κ2) is 9.35. The standard InChI is InChI=1S/C23H18Cl2N4O3S/c1-12-18-22(33-19(12)21(31)27-15-6-4-3-5-7-15)26-11-29(23(18)32)13(2)20(30)28-17-10-14(24)8-9-16(17)25/h3-11,13H,1-2H3,(H,27,31)(H,28,30). The third-order valence-electron chi connectivity index (χ3n) is 5.10. The molecule has 2 aromatic heterocycles. The van der Waals surface area contributed by atoms with E-state index in [-0.39, 0.29) is 5.91 Å². The lowest BCUT2D eigenvalue weighted by molar-refractivity contribution is -0.118. The van der Waals surface area contributed by atoms with Crippen molar-refractivity contribution in [2.75, 3.05) is 10.6 Å². The molecule has 0 spiro atoms. The maximum absolute atomic E-state index is 13.2. The van der Waals surface area contributed by atoms with E-state index in [9.17, 15) is 14.4 Å². The summed E-state index contributed by atoms with van der Waals surface area (Å²) in [6.07, 6.45) is 1.31. The monoisotopic (exact) mass is 500 g/mol. The van der Waals surface area contributed by atoms with Crippen LogP contribution in [0.2, 0.25) is 10.0 Å². The van der Waals surface area contributed by atoms with Crippen LogP contribution in [0.4, 0.5) is 11.4 Å². The van der Waals surface area contributed by atoms with Gasteiger partial charge in [0, 0.05) is 10.7 Å². The lowest BCUT2D eigenvalue weighted by atomic mass is 10.2. The van der Waals surface area contributed by atoms with Crippen LogP contribution in [-0.4, -0.2) is 21.4 Å². The molecule has 2 amide bonds. The van der Waals surface area contributed by atoms with Gasteiger partial charge in [0.15, 0.2) is 0 Å². The Morgan fingerprint density at radius 2 is 1.82 bits per heavy atom. The van der Waals surface area contributed by atoms with Crippen LogP contribution in [0.5, 0.6) is 0 Å². The number of amides is 2. The molecule has 0 bridgehead atoms. The zero-order valence-corrected chi connectivity index (χ0v) is 19.9. The van der Waals surface area contributed by atoms with Gasteiger partial charge < -0.3 is 10.6 Å². The molecule has 1 atom stereocenters. The van der Waals surface area contributed by atoms with Gasteiger partial charge in [0.05, 0.1) is 27.3 Å². The van der Waals surface area contributed by atoms with Gasteiger partial charge in [-0.1, -0.05) is 41.4 Å². The molecule has 2 aromatic carbocycles. The number of anilines is 2. The third-order valence-corrected chi connectivity index (χ3v) is 6.86. The number of benzene rings is 2. The summed E-state index contributed by atoms with van der Waals surface area (Å²) in [5.41, 5.74) is 1.09. The zero-order valence-electron chi connectivity index (χ0n) is 17.6. The van der Waals surface area contributed by atoms with Crippen molar-refractivity contribution in [3.05, 3.63) is 85.7 Å². The molecule has 33 heavy (non-hydrogen) atoms. The van der Waals surface area contributed by atoms with Crippen molar-refractivity contribution in [3.8, 4) is 0 Å². The van der Waals surface area contributed by atoms with Crippen LogP contribution in [0.3, 0.4) is 0 Å². The minimum absolute atomic E-state index is 0.307. The predicted molar refractivity (Wildman–Crippen MR) is 133 cm³/mol. The fourth-order valence-electron chi connectivity index (χ4n) is 3.30. The van der Waals surface area contributed by atoms with Gasteiger partial charge in [-0.3, -0.25) is 19.0 Å². The molecule has 0 aliphatic rings. The number of nitrogens with zero attached hydrogens (tertiary/aromatic N) is 2. The van der Waals surface area contributed by atoms with E-state index >= 15 is 0 Å². The normalized spacial score (nSPS) is 11.9. The Kier molecular flexibility index (Phi) is 6.51. The minimum Gasteiger partial charge on any atom is -0.323 e. The number of aryl methyl sites for hydroxylation is 1. The first-order valence-corrected chi connectivity index (χ1v) is 11.5. The molecule has 2 N–H and O–H groups in total. The number of hydrogen-bond acceptors (Lipinski definition) is 5. The number of aromatic nitrogens is 2. The van der Waals surface area contributed by atoms with Gasteiger partial charge in [-0.25, -0.2) is 4.98 Å². The Morgan fingerprint density at radius 3 is 2.55 bits per heavy atom. The van der Waals surface area contributed by atoms with Crippen LogP contribution in [-0.2, 0) is 4.79 Å². The van der Waals surface area contributed by atoms with E-state index in [2.05, 4.69) is 15.6 Å². The number of carbonyl (C=O) groups excluding carboxylic acids is 2. The van der Waals surface area contributed by atoms with Crippen LogP contribution in [0.15, 0.2) is 59.7 Å². The molecule has 0 aliphatic carbocycles. The Bertz CT molecular complexity index is 1430. The lowest BCUT2D eigenvalue weighted by Crippen LogP contribution is -2.31. The Labute approximate surface area is 203 Å². The van der Waals surface area contributed by atoms with Gasteiger partial charge in [-0.2, -0.15) is 0 Å². The molecule has 2 heterocycles. The lowest BCUT2D eigenvalue weighted by Gasteiger charge is -2.15. The number of nitrogens with one attached hydrogen (secondary N) is 2. The Balaban J connectivity index is 1.64. The highest BCUT2D eigenvalue weighted by atomic mass is 35.5. The molecule has 1 unspecified atom stereocenters. The summed E-state index contributed by atoms with van der Waals surface area (Å²) >= 11 is 13.2. The van der Waals surface area contributed by atoms with Crippen molar-refractivity contribution in [1.82, 2.24) is 9.55 Å². The highest BCUT2D eigenvalue weighted by molar-refractivity contribution is 7.20. The van der Waals surface area contributed by atoms with Gasteiger partial charge in [0.25, 0.3) is 11.5 Å². The smallest absolute Gasteiger partial charge is 0.266 e. The minimum atomic E-state index is -0.884. The van der Waals surface area contributed by atoms with E-state index in [1.807, 2.05) is 18.2 Å². The Hall–Kier alpha value is -3.20. The first-order valence-electron chi connectivity index (χ1n) is 9.89. The van der Waals surface area contributed by atoms with Crippen molar-refractivity contribution in [1.29, 1.82) is 0 Å². The number of fused-ring (bicyclic) bond motifs is 1. The number of rotatable bonds is 5. The maximum Gasteiger partial charge on any atom is 0.266 e. The SMILES string of the molecule is Cc1c(C(=O)Nc2ccccc2)sc2ncn(C(C)C(=O)Nc3cc(Cl)ccc3Cl)c(=O)c12. The van der Waals surface area contributed by atoms with Crippen LogP contribution in [0.1, 0.15) is 28.2 Å². The van der Waals surface area contributed by atoms with E-state index < -0.39 is 17.5 Å². The second-order valence-electron chi connectivity index (χ2n) is 7.30. The van der Waals surface area contributed by atoms with E-state index in [1.54, 1.807) is 38.1 Å². The molecular formula is C23H18Cl2N4O3S. The van der Waals surface area contributed by atoms with Gasteiger partial charge in [0.1, 0.15) is 10.9 Å². The average molecular weight is 501 g/mol. The first kappa shape index (κ1) is 23.0. The number of thiophene rings is 1. The number of carbonyl (C=O) groups is 2. The molecule has 0 fully saturated rings. The molecule has 0 saturated heterocycles. The van der Waals surface area contributed by atoms with E-state index in [4.69, 9.17) is 23.2 Å². The van der Waals surface area contributed by atoms with E-state index in [1.165, 1.54) is 17.0 Å². The zero-order chi connectivity index (χ0) is 23.7. The highest BCUT2D eigenvalue weighted by Crippen LogP contribution is 2.29. The number of halogens is 2. The van der Waals surface area contributed by atoms with Crippen molar-refractivity contribution in [2.24, 2.45) is 0 Å². The molecule has 4 aromatic rings. The summed E-state index contributed by atoms with van der Waals surface area (Å²) in [4.78, 5) is 44.0. The summed E-state index contributed by atoms with van der Waals surface area (Å²) in [6, 6.07) is 12.9. The number of para-hydroxylation sites is 1. The molecule has 0 radical (unpaired) electrons. The quantitative estimate of drug-likeness (QED) is 0.376. The van der Waals surface area contributed by atoms with E-state index in [0.29, 0.717) is 42.1 Å². The molecule has 168 valence electrons. The average Bonchev–Trinajstić information content (AvgIpc) is 3.14. The number of hydrogen-bond donors (Lipinski definition) is 2. The van der Waals surface area contributed by atoms with Crippen LogP contribution in [0, 0.1) is 6.92 Å². The fraction of sp³-hybridized carbons (Fsp3) is 0.130. The maximum atomic E-state index is 13.2. The predicted octanol–water partition coefficient (Wildman–Crippen LogP) is 5.53.